The Labute approximate surface area is 154 Å². The average Bonchev–Trinajstić information content (AvgIpc) is 3.13. The smallest absolute Gasteiger partial charge is 0.239 e. The van der Waals surface area contributed by atoms with E-state index in [0.29, 0.717) is 11.6 Å². The largest absolute Gasteiger partial charge is 0.306 e. The van der Waals surface area contributed by atoms with Crippen molar-refractivity contribution in [3.63, 3.8) is 0 Å². The van der Waals surface area contributed by atoms with Crippen LogP contribution in [0.25, 0.3) is 0 Å². The maximum atomic E-state index is 13.3. The highest BCUT2D eigenvalue weighted by Gasteiger charge is 2.59. The summed E-state index contributed by atoms with van der Waals surface area (Å²) < 4.78 is 0. The summed E-state index contributed by atoms with van der Waals surface area (Å²) in [5, 5.41) is 3.61. The number of hydrogen-bond acceptors (Lipinski definition) is 3. The SMILES string of the molecule is CC(C)C[C@H]1N[C@@H](c2ccccc2)[C@H]2C(=O)N(c3ccccc3)C(=O)[C@H]21. The molecule has 2 aliphatic rings. The second-order valence-electron chi connectivity index (χ2n) is 7.69. The van der Waals surface area contributed by atoms with Gasteiger partial charge in [0.2, 0.25) is 11.8 Å². The van der Waals surface area contributed by atoms with Gasteiger partial charge in [-0.05, 0) is 30.0 Å². The molecule has 2 aromatic rings. The summed E-state index contributed by atoms with van der Waals surface area (Å²) in [6.07, 6.45) is 0.881. The first-order valence-electron chi connectivity index (χ1n) is 9.32. The molecule has 4 atom stereocenters. The van der Waals surface area contributed by atoms with Gasteiger partial charge in [0.15, 0.2) is 0 Å². The number of benzene rings is 2. The number of hydrogen-bond donors (Lipinski definition) is 1. The van der Waals surface area contributed by atoms with Crippen LogP contribution in [0.15, 0.2) is 60.7 Å². The molecule has 0 unspecified atom stereocenters. The van der Waals surface area contributed by atoms with Crippen LogP contribution in [0.4, 0.5) is 5.69 Å². The Morgan fingerprint density at radius 1 is 0.885 bits per heavy atom. The van der Waals surface area contributed by atoms with Crippen LogP contribution in [0.2, 0.25) is 0 Å². The van der Waals surface area contributed by atoms with Gasteiger partial charge in [0, 0.05) is 12.1 Å². The standard InChI is InChI=1S/C22H24N2O2/c1-14(2)13-17-18-19(20(23-17)15-9-5-3-6-10-15)22(26)24(21(18)25)16-11-7-4-8-12-16/h3-12,14,17-20,23H,13H2,1-2H3/t17-,18+,19+,20+/m1/s1. The number of carbonyl (C=O) groups is 2. The number of carbonyl (C=O) groups excluding carboxylic acids is 2. The van der Waals surface area contributed by atoms with Gasteiger partial charge in [-0.25, -0.2) is 4.90 Å². The van der Waals surface area contributed by atoms with E-state index in [-0.39, 0.29) is 35.7 Å². The molecule has 26 heavy (non-hydrogen) atoms. The molecule has 0 aromatic heterocycles. The molecule has 0 bridgehead atoms. The molecule has 2 aliphatic heterocycles. The van der Waals surface area contributed by atoms with Crippen LogP contribution in [0.3, 0.4) is 0 Å². The predicted octanol–water partition coefficient (Wildman–Crippen LogP) is 3.55. The van der Waals surface area contributed by atoms with E-state index in [0.717, 1.165) is 12.0 Å². The lowest BCUT2D eigenvalue weighted by atomic mass is 9.84. The molecule has 0 radical (unpaired) electrons. The van der Waals surface area contributed by atoms with Crippen molar-refractivity contribution in [1.29, 1.82) is 0 Å². The first-order chi connectivity index (χ1) is 12.6. The van der Waals surface area contributed by atoms with Crippen molar-refractivity contribution in [3.05, 3.63) is 66.2 Å². The van der Waals surface area contributed by atoms with Crippen LogP contribution < -0.4 is 10.2 Å². The Morgan fingerprint density at radius 2 is 1.46 bits per heavy atom. The van der Waals surface area contributed by atoms with Crippen molar-refractivity contribution in [2.45, 2.75) is 32.4 Å². The summed E-state index contributed by atoms with van der Waals surface area (Å²) in [7, 11) is 0. The number of imide groups is 1. The minimum absolute atomic E-state index is 0.0235. The van der Waals surface area contributed by atoms with E-state index in [4.69, 9.17) is 0 Å². The van der Waals surface area contributed by atoms with Crippen LogP contribution in [0.1, 0.15) is 31.9 Å². The van der Waals surface area contributed by atoms with Crippen LogP contribution in [-0.2, 0) is 9.59 Å². The van der Waals surface area contributed by atoms with E-state index in [1.165, 1.54) is 4.90 Å². The average molecular weight is 348 g/mol. The Balaban J connectivity index is 1.74. The minimum atomic E-state index is -0.339. The molecule has 2 saturated heterocycles. The van der Waals surface area contributed by atoms with Crippen LogP contribution in [-0.4, -0.2) is 17.9 Å². The van der Waals surface area contributed by atoms with Gasteiger partial charge in [-0.2, -0.15) is 0 Å². The summed E-state index contributed by atoms with van der Waals surface area (Å²) in [6.45, 7) is 4.31. The highest BCUT2D eigenvalue weighted by atomic mass is 16.2. The fraction of sp³-hybridized carbons (Fsp3) is 0.364. The van der Waals surface area contributed by atoms with Crippen molar-refractivity contribution in [3.8, 4) is 0 Å². The van der Waals surface area contributed by atoms with Gasteiger partial charge in [0.05, 0.1) is 17.5 Å². The van der Waals surface area contributed by atoms with Gasteiger partial charge in [-0.15, -0.1) is 0 Å². The van der Waals surface area contributed by atoms with Crippen LogP contribution >= 0.6 is 0 Å². The number of rotatable bonds is 4. The lowest BCUT2D eigenvalue weighted by Gasteiger charge is -2.23. The normalized spacial score (nSPS) is 28.0. The Hall–Kier alpha value is -2.46. The van der Waals surface area contributed by atoms with Crippen molar-refractivity contribution >= 4 is 17.5 Å². The Bertz CT molecular complexity index is 803. The van der Waals surface area contributed by atoms with E-state index in [1.807, 2.05) is 60.7 Å². The molecule has 4 nitrogen and oxygen atoms in total. The number of nitrogens with zero attached hydrogens (tertiary/aromatic N) is 1. The van der Waals surface area contributed by atoms with Crippen molar-refractivity contribution < 1.29 is 9.59 Å². The zero-order valence-corrected chi connectivity index (χ0v) is 15.1. The van der Waals surface area contributed by atoms with Gasteiger partial charge in [-0.1, -0.05) is 62.4 Å². The first-order valence-corrected chi connectivity index (χ1v) is 9.32. The zero-order chi connectivity index (χ0) is 18.3. The second-order valence-corrected chi connectivity index (χ2v) is 7.69. The summed E-state index contributed by atoms with van der Waals surface area (Å²) in [4.78, 5) is 27.9. The molecule has 2 amide bonds. The van der Waals surface area contributed by atoms with Gasteiger partial charge in [0.25, 0.3) is 0 Å². The van der Waals surface area contributed by atoms with E-state index in [2.05, 4.69) is 19.2 Å². The van der Waals surface area contributed by atoms with Gasteiger partial charge < -0.3 is 5.32 Å². The van der Waals surface area contributed by atoms with Crippen molar-refractivity contribution in [1.82, 2.24) is 5.32 Å². The van der Waals surface area contributed by atoms with E-state index >= 15 is 0 Å². The van der Waals surface area contributed by atoms with Gasteiger partial charge in [-0.3, -0.25) is 9.59 Å². The fourth-order valence-corrected chi connectivity index (χ4v) is 4.44. The summed E-state index contributed by atoms with van der Waals surface area (Å²) in [5.41, 5.74) is 1.75. The molecule has 4 heteroatoms. The lowest BCUT2D eigenvalue weighted by molar-refractivity contribution is -0.123. The predicted molar refractivity (Wildman–Crippen MR) is 101 cm³/mol. The monoisotopic (exact) mass is 348 g/mol. The van der Waals surface area contributed by atoms with Crippen LogP contribution in [0, 0.1) is 17.8 Å². The van der Waals surface area contributed by atoms with Crippen LogP contribution in [0.5, 0.6) is 0 Å². The molecule has 2 aromatic carbocycles. The van der Waals surface area contributed by atoms with Gasteiger partial charge >= 0.3 is 0 Å². The summed E-state index contributed by atoms with van der Waals surface area (Å²) in [6, 6.07) is 19.2. The summed E-state index contributed by atoms with van der Waals surface area (Å²) >= 11 is 0. The lowest BCUT2D eigenvalue weighted by Crippen LogP contribution is -2.40. The van der Waals surface area contributed by atoms with E-state index in [9.17, 15) is 9.59 Å². The topological polar surface area (TPSA) is 49.4 Å². The maximum Gasteiger partial charge on any atom is 0.239 e. The fourth-order valence-electron chi connectivity index (χ4n) is 4.44. The number of amides is 2. The highest BCUT2D eigenvalue weighted by molar-refractivity contribution is 6.22. The number of anilines is 1. The number of para-hydroxylation sites is 1. The Morgan fingerprint density at radius 3 is 2.08 bits per heavy atom. The molecular formula is C22H24N2O2. The van der Waals surface area contributed by atoms with Gasteiger partial charge in [0.1, 0.15) is 0 Å². The molecule has 0 saturated carbocycles. The molecule has 2 heterocycles. The molecular weight excluding hydrogens is 324 g/mol. The third kappa shape index (κ3) is 2.74. The molecule has 1 N–H and O–H groups in total. The molecule has 4 rings (SSSR count). The summed E-state index contributed by atoms with van der Waals surface area (Å²) in [5.74, 6) is -0.331. The highest BCUT2D eigenvalue weighted by Crippen LogP contribution is 2.46. The quantitative estimate of drug-likeness (QED) is 0.860. The Kier molecular flexibility index (Phi) is 4.37. The molecule has 2 fully saturated rings. The van der Waals surface area contributed by atoms with Crippen molar-refractivity contribution in [2.24, 2.45) is 17.8 Å². The molecule has 0 aliphatic carbocycles. The zero-order valence-electron chi connectivity index (χ0n) is 15.1. The number of fused-ring (bicyclic) bond motifs is 1. The van der Waals surface area contributed by atoms with E-state index < -0.39 is 0 Å². The molecule has 0 spiro atoms. The van der Waals surface area contributed by atoms with E-state index in [1.54, 1.807) is 0 Å². The number of nitrogens with one attached hydrogen (secondary N) is 1. The minimum Gasteiger partial charge on any atom is -0.306 e. The second kappa shape index (κ2) is 6.69. The first kappa shape index (κ1) is 17.0. The third-order valence-electron chi connectivity index (χ3n) is 5.48. The third-order valence-corrected chi connectivity index (χ3v) is 5.48. The van der Waals surface area contributed by atoms with Crippen molar-refractivity contribution in [2.75, 3.05) is 4.90 Å². The maximum absolute atomic E-state index is 13.3. The molecule has 134 valence electrons.